The van der Waals surface area contributed by atoms with Crippen LogP contribution in [0, 0.1) is 0 Å². The Morgan fingerprint density at radius 3 is 2.22 bits per heavy atom. The molecule has 0 radical (unpaired) electrons. The summed E-state index contributed by atoms with van der Waals surface area (Å²) in [6.45, 7) is 0. The molecule has 5 aromatic carbocycles. The van der Waals surface area contributed by atoms with E-state index in [0.29, 0.717) is 23.0 Å². The second-order valence-corrected chi connectivity index (χ2v) is 10.2. The lowest BCUT2D eigenvalue weighted by molar-refractivity contribution is 0.358. The maximum absolute atomic E-state index is 10.3. The smallest absolute Gasteiger partial charge is 0.450 e. The third-order valence-corrected chi connectivity index (χ3v) is 8.27. The molecule has 1 aliphatic heterocycles. The summed E-state index contributed by atoms with van der Waals surface area (Å²) in [5, 5.41) is 25.4. The Morgan fingerprint density at radius 2 is 1.38 bits per heavy atom. The summed E-state index contributed by atoms with van der Waals surface area (Å²) >= 11 is 1.80. The van der Waals surface area contributed by atoms with Crippen molar-refractivity contribution >= 4 is 65.9 Å². The van der Waals surface area contributed by atoms with Crippen LogP contribution in [-0.2, 0) is 0 Å². The van der Waals surface area contributed by atoms with Gasteiger partial charge in [0.05, 0.1) is 11.0 Å². The Kier molecular flexibility index (Phi) is 4.28. The van der Waals surface area contributed by atoms with Crippen molar-refractivity contribution in [3.63, 3.8) is 0 Å². The van der Waals surface area contributed by atoms with Gasteiger partial charge >= 0.3 is 7.12 Å². The Bertz CT molecular complexity index is 2040. The molecule has 0 saturated carbocycles. The zero-order valence-corrected chi connectivity index (χ0v) is 20.2. The summed E-state index contributed by atoms with van der Waals surface area (Å²) < 4.78 is 16.9. The van der Waals surface area contributed by atoms with Crippen molar-refractivity contribution in [3.8, 4) is 28.7 Å². The first-order valence-corrected chi connectivity index (χ1v) is 12.8. The molecule has 5 nitrogen and oxygen atoms in total. The Balaban J connectivity index is 1.45. The Labute approximate surface area is 215 Å². The maximum Gasteiger partial charge on any atom is 0.492 e. The highest BCUT2D eigenvalue weighted by atomic mass is 32.1. The van der Waals surface area contributed by atoms with E-state index in [9.17, 15) is 10.0 Å². The summed E-state index contributed by atoms with van der Waals surface area (Å²) in [4.78, 5) is 0. The van der Waals surface area contributed by atoms with E-state index in [2.05, 4.69) is 59.2 Å². The van der Waals surface area contributed by atoms with Gasteiger partial charge in [0.2, 0.25) is 0 Å². The number of hydrogen-bond donors (Lipinski definition) is 2. The number of thiophene rings is 1. The third kappa shape index (κ3) is 2.93. The van der Waals surface area contributed by atoms with E-state index in [-0.39, 0.29) is 5.46 Å². The predicted octanol–water partition coefficient (Wildman–Crippen LogP) is 6.73. The van der Waals surface area contributed by atoms with Crippen molar-refractivity contribution in [2.24, 2.45) is 0 Å². The van der Waals surface area contributed by atoms with Gasteiger partial charge in [-0.15, -0.1) is 11.3 Å². The van der Waals surface area contributed by atoms with Crippen LogP contribution in [0.5, 0.6) is 23.0 Å². The number of aromatic nitrogens is 1. The van der Waals surface area contributed by atoms with Gasteiger partial charge in [-0.2, -0.15) is 0 Å². The third-order valence-electron chi connectivity index (χ3n) is 7.07. The maximum atomic E-state index is 10.3. The minimum atomic E-state index is -1.73. The lowest BCUT2D eigenvalue weighted by Gasteiger charge is -2.24. The van der Waals surface area contributed by atoms with Gasteiger partial charge in [0.15, 0.2) is 23.0 Å². The molecule has 3 heterocycles. The van der Waals surface area contributed by atoms with Crippen LogP contribution >= 0.6 is 11.3 Å². The molecule has 8 rings (SSSR count). The average molecular weight is 499 g/mol. The predicted molar refractivity (Wildman–Crippen MR) is 150 cm³/mol. The first-order valence-electron chi connectivity index (χ1n) is 12.0. The number of fused-ring (bicyclic) bond motifs is 9. The topological polar surface area (TPSA) is 63.9 Å². The van der Waals surface area contributed by atoms with Crippen molar-refractivity contribution in [1.29, 1.82) is 0 Å². The second-order valence-electron chi connectivity index (χ2n) is 9.17. The van der Waals surface area contributed by atoms with Gasteiger partial charge in [-0.05, 0) is 36.4 Å². The molecule has 37 heavy (non-hydrogen) atoms. The molecule has 0 spiro atoms. The molecule has 7 heteroatoms. The summed E-state index contributed by atoms with van der Waals surface area (Å²) in [6.07, 6.45) is 0. The van der Waals surface area contributed by atoms with Gasteiger partial charge in [0.25, 0.3) is 0 Å². The lowest BCUT2D eigenvalue weighted by atomic mass is 9.79. The van der Waals surface area contributed by atoms with E-state index >= 15 is 0 Å². The molecule has 0 saturated heterocycles. The Morgan fingerprint density at radius 1 is 0.649 bits per heavy atom. The van der Waals surface area contributed by atoms with Crippen LogP contribution in [0.4, 0.5) is 0 Å². The first-order chi connectivity index (χ1) is 18.2. The molecule has 1 aliphatic rings. The van der Waals surface area contributed by atoms with Crippen molar-refractivity contribution in [3.05, 3.63) is 97.1 Å². The van der Waals surface area contributed by atoms with Crippen LogP contribution in [0.2, 0.25) is 0 Å². The molecule has 0 unspecified atom stereocenters. The molecule has 2 N–H and O–H groups in total. The highest BCUT2D eigenvalue weighted by Gasteiger charge is 2.29. The van der Waals surface area contributed by atoms with Crippen molar-refractivity contribution < 1.29 is 19.5 Å². The SMILES string of the molecule is OB(O)c1cc(-n2c3ccccc3c3c4sc5ccccc5c4ccc32)cc2c1Oc1ccccc1O2. The van der Waals surface area contributed by atoms with Crippen LogP contribution in [-0.4, -0.2) is 21.7 Å². The van der Waals surface area contributed by atoms with E-state index in [4.69, 9.17) is 9.47 Å². The Hall–Kier alpha value is -4.30. The first kappa shape index (κ1) is 20.9. The fourth-order valence-electron chi connectivity index (χ4n) is 5.47. The van der Waals surface area contributed by atoms with Crippen molar-refractivity contribution in [2.45, 2.75) is 0 Å². The summed E-state index contributed by atoms with van der Waals surface area (Å²) in [6, 6.07) is 32.2. The van der Waals surface area contributed by atoms with Crippen LogP contribution in [0.15, 0.2) is 97.1 Å². The molecule has 0 atom stereocenters. The number of rotatable bonds is 2. The number of ether oxygens (including phenoxy) is 2. The molecule has 0 aliphatic carbocycles. The van der Waals surface area contributed by atoms with Gasteiger partial charge in [-0.1, -0.05) is 54.6 Å². The molecule has 0 bridgehead atoms. The van der Waals surface area contributed by atoms with E-state index in [1.165, 1.54) is 25.6 Å². The van der Waals surface area contributed by atoms with E-state index in [1.54, 1.807) is 23.5 Å². The summed E-state index contributed by atoms with van der Waals surface area (Å²) in [5.41, 5.74) is 3.07. The van der Waals surface area contributed by atoms with Crippen LogP contribution in [0.25, 0.3) is 47.7 Å². The fourth-order valence-corrected chi connectivity index (χ4v) is 6.73. The summed E-state index contributed by atoms with van der Waals surface area (Å²) in [5.74, 6) is 1.87. The normalized spacial score (nSPS) is 12.5. The van der Waals surface area contributed by atoms with E-state index in [0.717, 1.165) is 22.1 Å². The summed E-state index contributed by atoms with van der Waals surface area (Å²) in [7, 11) is -1.73. The fraction of sp³-hybridized carbons (Fsp3) is 0. The second kappa shape index (κ2) is 7.60. The lowest BCUT2D eigenvalue weighted by Crippen LogP contribution is -2.32. The minimum Gasteiger partial charge on any atom is -0.450 e. The number of hydrogen-bond acceptors (Lipinski definition) is 5. The van der Waals surface area contributed by atoms with Crippen molar-refractivity contribution in [2.75, 3.05) is 0 Å². The number of nitrogens with zero attached hydrogens (tertiary/aromatic N) is 1. The molecular formula is C30H18BNO4S. The highest BCUT2D eigenvalue weighted by molar-refractivity contribution is 7.26. The zero-order valence-electron chi connectivity index (χ0n) is 19.4. The molecule has 2 aromatic heterocycles. The largest absolute Gasteiger partial charge is 0.492 e. The van der Waals surface area contributed by atoms with Crippen LogP contribution < -0.4 is 14.9 Å². The zero-order chi connectivity index (χ0) is 24.7. The van der Waals surface area contributed by atoms with Gasteiger partial charge in [0.1, 0.15) is 0 Å². The molecule has 7 aromatic rings. The molecule has 0 amide bonds. The number of benzene rings is 5. The quantitative estimate of drug-likeness (QED) is 0.259. The van der Waals surface area contributed by atoms with Crippen molar-refractivity contribution in [1.82, 2.24) is 4.57 Å². The van der Waals surface area contributed by atoms with Crippen LogP contribution in [0.1, 0.15) is 0 Å². The molecule has 0 fully saturated rings. The minimum absolute atomic E-state index is 0.246. The average Bonchev–Trinajstić information content (AvgIpc) is 3.47. The van der Waals surface area contributed by atoms with E-state index < -0.39 is 7.12 Å². The van der Waals surface area contributed by atoms with Gasteiger partial charge in [-0.25, -0.2) is 0 Å². The highest BCUT2D eigenvalue weighted by Crippen LogP contribution is 2.47. The standard InChI is InChI=1S/C30H18BNO4S/c33-31(34)21-15-17(16-26-29(21)36-25-11-5-4-10-24(25)35-26)32-22-9-3-1-8-20(22)28-23(32)14-13-19-18-7-2-6-12-27(18)37-30(19)28/h1-16,33-34H. The van der Waals surface area contributed by atoms with E-state index in [1.807, 2.05) is 30.3 Å². The van der Waals surface area contributed by atoms with Gasteiger partial charge in [0, 0.05) is 48.2 Å². The van der Waals surface area contributed by atoms with Gasteiger partial charge < -0.3 is 24.1 Å². The van der Waals surface area contributed by atoms with Crippen LogP contribution in [0.3, 0.4) is 0 Å². The van der Waals surface area contributed by atoms with Gasteiger partial charge in [-0.3, -0.25) is 0 Å². The number of para-hydroxylation sites is 3. The monoisotopic (exact) mass is 499 g/mol. The molecule has 176 valence electrons. The molecular weight excluding hydrogens is 481 g/mol.